The Hall–Kier alpha value is 0.0338. The molecule has 0 aliphatic rings. The number of benzene rings is 1. The highest BCUT2D eigenvalue weighted by Crippen LogP contribution is 2.27. The molecule has 0 bridgehead atoms. The predicted molar refractivity (Wildman–Crippen MR) is 75.7 cm³/mol. The molecule has 0 amide bonds. The molecule has 0 aliphatic heterocycles. The van der Waals surface area contributed by atoms with Gasteiger partial charge in [0.1, 0.15) is 0 Å². The van der Waals surface area contributed by atoms with Crippen LogP contribution in [-0.2, 0) is 0 Å². The standard InChI is InChI=1S/C10H17Cl2NSi2/c1-14(2,3)15(11,12)9-13-10-7-5-4-6-8-10/h4-8,13H,9H2,1-3H3. The third-order valence-corrected chi connectivity index (χ3v) is 23.3. The van der Waals surface area contributed by atoms with Gasteiger partial charge in [0.2, 0.25) is 0 Å². The van der Waals surface area contributed by atoms with Gasteiger partial charge in [0.05, 0.1) is 7.59 Å². The molecule has 1 nitrogen and oxygen atoms in total. The number of hydrogen-bond donors (Lipinski definition) is 1. The van der Waals surface area contributed by atoms with Crippen LogP contribution in [0, 0.1) is 0 Å². The van der Waals surface area contributed by atoms with Crippen molar-refractivity contribution in [3.63, 3.8) is 0 Å². The summed E-state index contributed by atoms with van der Waals surface area (Å²) in [6, 6.07) is 10.1. The van der Waals surface area contributed by atoms with E-state index >= 15 is 0 Å². The third-order valence-electron chi connectivity index (χ3n) is 2.39. The molecule has 84 valence electrons. The second kappa shape index (κ2) is 4.91. The Kier molecular flexibility index (Phi) is 4.29. The lowest BCUT2D eigenvalue weighted by Gasteiger charge is -2.29. The van der Waals surface area contributed by atoms with Crippen LogP contribution >= 0.6 is 22.2 Å². The van der Waals surface area contributed by atoms with Crippen molar-refractivity contribution in [2.24, 2.45) is 0 Å². The fourth-order valence-corrected chi connectivity index (χ4v) is 4.25. The number of halogens is 2. The maximum absolute atomic E-state index is 6.47. The van der Waals surface area contributed by atoms with Crippen molar-refractivity contribution < 1.29 is 0 Å². The summed E-state index contributed by atoms with van der Waals surface area (Å²) in [5, 5.41) is 3.32. The summed E-state index contributed by atoms with van der Waals surface area (Å²) in [6.45, 7) is 6.68. The predicted octanol–water partition coefficient (Wildman–Crippen LogP) is 3.97. The van der Waals surface area contributed by atoms with Gasteiger partial charge in [-0.15, -0.1) is 22.2 Å². The molecule has 1 N–H and O–H groups in total. The van der Waals surface area contributed by atoms with Gasteiger partial charge in [-0.2, -0.15) is 0 Å². The van der Waals surface area contributed by atoms with Gasteiger partial charge in [-0.3, -0.25) is 0 Å². The van der Waals surface area contributed by atoms with Crippen molar-refractivity contribution in [3.05, 3.63) is 30.3 Å². The topological polar surface area (TPSA) is 12.0 Å². The minimum Gasteiger partial charge on any atom is -0.386 e. The molecule has 5 heteroatoms. The first-order valence-corrected chi connectivity index (χ1v) is 13.7. The zero-order valence-corrected chi connectivity index (χ0v) is 12.9. The second-order valence-corrected chi connectivity index (χ2v) is 24.4. The van der Waals surface area contributed by atoms with E-state index in [2.05, 4.69) is 25.0 Å². The van der Waals surface area contributed by atoms with Crippen LogP contribution in [0.2, 0.25) is 19.6 Å². The van der Waals surface area contributed by atoms with E-state index in [-0.39, 0.29) is 0 Å². The molecule has 0 heterocycles. The largest absolute Gasteiger partial charge is 0.386 e. The summed E-state index contributed by atoms with van der Waals surface area (Å²) < 4.78 is 0. The molecule has 0 spiro atoms. The van der Waals surface area contributed by atoms with Gasteiger partial charge in [-0.25, -0.2) is 0 Å². The van der Waals surface area contributed by atoms with E-state index in [1.807, 2.05) is 30.3 Å². The van der Waals surface area contributed by atoms with Crippen LogP contribution < -0.4 is 5.32 Å². The lowest BCUT2D eigenvalue weighted by Crippen LogP contribution is -2.53. The quantitative estimate of drug-likeness (QED) is 0.649. The van der Waals surface area contributed by atoms with E-state index in [0.29, 0.717) is 0 Å². The first kappa shape index (κ1) is 13.1. The highest BCUT2D eigenvalue weighted by Gasteiger charge is 2.43. The number of hydrogen-bond acceptors (Lipinski definition) is 1. The van der Waals surface area contributed by atoms with E-state index in [9.17, 15) is 0 Å². The summed E-state index contributed by atoms with van der Waals surface area (Å²) in [5.74, 6) is 0. The average molecular weight is 278 g/mol. The van der Waals surface area contributed by atoms with Crippen LogP contribution in [-0.4, -0.2) is 20.0 Å². The highest BCUT2D eigenvalue weighted by molar-refractivity contribution is 7.74. The molecule has 0 fully saturated rings. The van der Waals surface area contributed by atoms with E-state index in [0.717, 1.165) is 11.9 Å². The SMILES string of the molecule is C[Si](C)(C)[Si](Cl)(Cl)CNc1ccccc1. The molecule has 0 unspecified atom stereocenters. The van der Waals surface area contributed by atoms with Crippen LogP contribution in [0.1, 0.15) is 0 Å². The summed E-state index contributed by atoms with van der Waals surface area (Å²) in [5.41, 5.74) is 1.09. The molecule has 1 aromatic carbocycles. The summed E-state index contributed by atoms with van der Waals surface area (Å²) in [6.07, 6.45) is -1.38. The van der Waals surface area contributed by atoms with Crippen molar-refractivity contribution in [2.45, 2.75) is 19.6 Å². The molecule has 0 saturated carbocycles. The first-order valence-electron chi connectivity index (χ1n) is 5.00. The third kappa shape index (κ3) is 3.83. The average Bonchev–Trinajstić information content (AvgIpc) is 2.15. The number of anilines is 1. The molecule has 0 aromatic heterocycles. The zero-order chi connectivity index (χ0) is 11.5. The van der Waals surface area contributed by atoms with Crippen LogP contribution in [0.15, 0.2) is 30.3 Å². The fraction of sp³-hybridized carbons (Fsp3) is 0.400. The van der Waals surface area contributed by atoms with Gasteiger partial charge in [0.15, 0.2) is 0 Å². The van der Waals surface area contributed by atoms with E-state index in [1.165, 1.54) is 0 Å². The van der Waals surface area contributed by atoms with Gasteiger partial charge in [-0.1, -0.05) is 37.8 Å². The minimum atomic E-state index is -2.12. The maximum Gasteiger partial charge on any atom is 0.256 e. The molecular weight excluding hydrogens is 261 g/mol. The smallest absolute Gasteiger partial charge is 0.256 e. The molecule has 1 aromatic rings. The Morgan fingerprint density at radius 2 is 1.60 bits per heavy atom. The zero-order valence-electron chi connectivity index (χ0n) is 9.35. The van der Waals surface area contributed by atoms with Gasteiger partial charge >= 0.3 is 0 Å². The highest BCUT2D eigenvalue weighted by atomic mass is 35.7. The fourth-order valence-electron chi connectivity index (χ4n) is 1.03. The van der Waals surface area contributed by atoms with Gasteiger partial charge in [-0.05, 0) is 12.1 Å². The lowest BCUT2D eigenvalue weighted by atomic mass is 10.3. The summed E-state index contributed by atoms with van der Waals surface area (Å²) >= 11 is 12.9. The van der Waals surface area contributed by atoms with Gasteiger partial charge in [0.25, 0.3) is 6.21 Å². The van der Waals surface area contributed by atoms with E-state index < -0.39 is 13.8 Å². The lowest BCUT2D eigenvalue weighted by molar-refractivity contribution is 1.43. The molecule has 0 radical (unpaired) electrons. The molecule has 1 rings (SSSR count). The Bertz CT molecular complexity index is 309. The summed E-state index contributed by atoms with van der Waals surface area (Å²) in [4.78, 5) is 0. The van der Waals surface area contributed by atoms with Crippen molar-refractivity contribution in [1.29, 1.82) is 0 Å². The molecule has 0 saturated heterocycles. The Labute approximate surface area is 103 Å². The van der Waals surface area contributed by atoms with Crippen molar-refractivity contribution in [1.82, 2.24) is 0 Å². The van der Waals surface area contributed by atoms with Crippen molar-refractivity contribution in [2.75, 3.05) is 11.5 Å². The molecule has 15 heavy (non-hydrogen) atoms. The van der Waals surface area contributed by atoms with Crippen LogP contribution in [0.4, 0.5) is 5.69 Å². The van der Waals surface area contributed by atoms with Crippen LogP contribution in [0.5, 0.6) is 0 Å². The van der Waals surface area contributed by atoms with Crippen molar-refractivity contribution >= 4 is 41.6 Å². The van der Waals surface area contributed by atoms with E-state index in [4.69, 9.17) is 22.2 Å². The first-order chi connectivity index (χ1) is 6.83. The van der Waals surface area contributed by atoms with Crippen LogP contribution in [0.25, 0.3) is 0 Å². The molecular formula is C10H17Cl2NSi2. The number of rotatable bonds is 4. The maximum atomic E-state index is 6.47. The van der Waals surface area contributed by atoms with Crippen LogP contribution in [0.3, 0.4) is 0 Å². The van der Waals surface area contributed by atoms with Gasteiger partial charge < -0.3 is 5.32 Å². The number of nitrogens with one attached hydrogen (secondary N) is 1. The second-order valence-electron chi connectivity index (χ2n) is 4.67. The van der Waals surface area contributed by atoms with Gasteiger partial charge in [0, 0.05) is 11.9 Å². The normalized spacial score (nSPS) is 12.6. The Morgan fingerprint density at radius 3 is 2.07 bits per heavy atom. The van der Waals surface area contributed by atoms with E-state index in [1.54, 1.807) is 0 Å². The molecule has 0 atom stereocenters. The Balaban J connectivity index is 2.58. The monoisotopic (exact) mass is 277 g/mol. The molecule has 0 aliphatic carbocycles. The Morgan fingerprint density at radius 1 is 1.07 bits per heavy atom. The van der Waals surface area contributed by atoms with Crippen molar-refractivity contribution in [3.8, 4) is 0 Å². The summed E-state index contributed by atoms with van der Waals surface area (Å²) in [7, 11) is -1.43. The number of para-hydroxylation sites is 1. The minimum absolute atomic E-state index is 0.732.